The highest BCUT2D eigenvalue weighted by molar-refractivity contribution is 6.23. The van der Waals surface area contributed by atoms with E-state index in [9.17, 15) is 0 Å². The lowest BCUT2D eigenvalue weighted by atomic mass is 10.1. The molecule has 1 aromatic heterocycles. The molecule has 2 unspecified atom stereocenters. The summed E-state index contributed by atoms with van der Waals surface area (Å²) in [6, 6.07) is 34.4. The summed E-state index contributed by atoms with van der Waals surface area (Å²) in [5, 5.41) is 5.57. The first-order valence-electron chi connectivity index (χ1n) is 13.4. The lowest BCUT2D eigenvalue weighted by Crippen LogP contribution is -2.26. The highest BCUT2D eigenvalue weighted by atomic mass is 15.2. The zero-order chi connectivity index (χ0) is 27.1. The van der Waals surface area contributed by atoms with Crippen LogP contribution >= 0.6 is 0 Å². The molecule has 192 valence electrons. The molecule has 5 aromatic rings. The molecule has 41 heavy (non-hydrogen) atoms. The summed E-state index contributed by atoms with van der Waals surface area (Å²) in [4.78, 5) is 30.4. The second-order valence-corrected chi connectivity index (χ2v) is 10.3. The zero-order valence-electron chi connectivity index (χ0n) is 21.9. The Morgan fingerprint density at radius 1 is 0.561 bits per heavy atom. The first kappa shape index (κ1) is 22.3. The van der Waals surface area contributed by atoms with Gasteiger partial charge in [-0.25, -0.2) is 30.0 Å². The third kappa shape index (κ3) is 3.21. The molecule has 5 heterocycles. The number of aliphatic imine (C=N–C) groups is 4. The second kappa shape index (κ2) is 8.24. The number of aromatic nitrogens is 1. The van der Waals surface area contributed by atoms with Gasteiger partial charge in [-0.15, -0.1) is 0 Å². The summed E-state index contributed by atoms with van der Waals surface area (Å²) >= 11 is 0. The molecule has 0 spiro atoms. The normalized spacial score (nSPS) is 19.5. The van der Waals surface area contributed by atoms with Gasteiger partial charge in [0.05, 0.1) is 0 Å². The van der Waals surface area contributed by atoms with E-state index in [2.05, 4.69) is 47.8 Å². The minimum absolute atomic E-state index is 0.327. The third-order valence-electron chi connectivity index (χ3n) is 7.99. The molecule has 9 rings (SSSR count). The molecule has 4 aliphatic rings. The van der Waals surface area contributed by atoms with Gasteiger partial charge in [-0.05, 0) is 11.1 Å². The molecule has 4 aliphatic heterocycles. The van der Waals surface area contributed by atoms with E-state index in [-0.39, 0.29) is 12.3 Å². The van der Waals surface area contributed by atoms with Crippen LogP contribution in [0.2, 0.25) is 0 Å². The fraction of sp³-hybridized carbons (Fsp3) is 0.0909. The number of benzene rings is 3. The Morgan fingerprint density at radius 3 is 1.63 bits per heavy atom. The molecule has 0 saturated carbocycles. The van der Waals surface area contributed by atoms with Crippen molar-refractivity contribution in [3.8, 4) is 0 Å². The molecule has 0 saturated heterocycles. The van der Waals surface area contributed by atoms with Gasteiger partial charge in [0.1, 0.15) is 23.3 Å². The maximum atomic E-state index is 5.14. The van der Waals surface area contributed by atoms with Crippen LogP contribution in [0, 0.1) is 12.1 Å². The molecular formula is C33H20N8. The van der Waals surface area contributed by atoms with Crippen LogP contribution in [0.4, 0.5) is 0 Å². The molecule has 0 radical (unpaired) electrons. The van der Waals surface area contributed by atoms with E-state index in [1.807, 2.05) is 66.2 Å². The van der Waals surface area contributed by atoms with E-state index >= 15 is 0 Å². The van der Waals surface area contributed by atoms with Crippen LogP contribution in [-0.4, -0.2) is 27.9 Å². The Kier molecular flexibility index (Phi) is 4.49. The molecule has 1 N–H and O–H groups in total. The summed E-state index contributed by atoms with van der Waals surface area (Å²) in [7, 11) is 1.98. The third-order valence-corrected chi connectivity index (χ3v) is 7.99. The topological polar surface area (TPSA) is 91.1 Å². The van der Waals surface area contributed by atoms with Crippen molar-refractivity contribution in [1.82, 2.24) is 9.88 Å². The number of nitrogens with zero attached hydrogens (tertiary/aromatic N) is 7. The Hall–Kier alpha value is -5.52. The van der Waals surface area contributed by atoms with Crippen LogP contribution in [0.1, 0.15) is 45.7 Å². The highest BCUT2D eigenvalue weighted by Crippen LogP contribution is 2.37. The summed E-state index contributed by atoms with van der Waals surface area (Å²) in [6.45, 7) is 0. The number of amidine groups is 4. The number of rotatable bonds is 0. The van der Waals surface area contributed by atoms with Crippen LogP contribution in [0.15, 0.2) is 115 Å². The lowest BCUT2D eigenvalue weighted by molar-refractivity contribution is 0.523. The number of hydrogen-bond acceptors (Lipinski definition) is 7. The van der Waals surface area contributed by atoms with Crippen molar-refractivity contribution < 1.29 is 0 Å². The van der Waals surface area contributed by atoms with Gasteiger partial charge < -0.3 is 4.57 Å². The van der Waals surface area contributed by atoms with E-state index in [1.54, 1.807) is 0 Å². The van der Waals surface area contributed by atoms with Gasteiger partial charge in [0.15, 0.2) is 23.3 Å². The minimum atomic E-state index is -0.337. The van der Waals surface area contributed by atoms with Gasteiger partial charge in [0.25, 0.3) is 0 Å². The van der Waals surface area contributed by atoms with Crippen molar-refractivity contribution in [2.45, 2.75) is 12.3 Å². The smallest absolute Gasteiger partial charge is 0.165 e. The molecule has 0 amide bonds. The average Bonchev–Trinajstić information content (AvgIpc) is 3.72. The van der Waals surface area contributed by atoms with Crippen molar-refractivity contribution >= 4 is 34.1 Å². The van der Waals surface area contributed by atoms with Crippen molar-refractivity contribution in [1.29, 1.82) is 0 Å². The van der Waals surface area contributed by atoms with Gasteiger partial charge in [-0.2, -0.15) is 0 Å². The van der Waals surface area contributed by atoms with Gasteiger partial charge in [-0.1, -0.05) is 84.9 Å². The Bertz CT molecular complexity index is 2060. The summed E-state index contributed by atoms with van der Waals surface area (Å²) in [5.41, 5.74) is 7.31. The van der Waals surface area contributed by atoms with Gasteiger partial charge in [-0.3, -0.25) is 5.32 Å². The molecule has 8 bridgehead atoms. The van der Waals surface area contributed by atoms with Crippen molar-refractivity contribution in [2.75, 3.05) is 0 Å². The van der Waals surface area contributed by atoms with Crippen LogP contribution in [0.5, 0.6) is 0 Å². The van der Waals surface area contributed by atoms with Gasteiger partial charge in [0.2, 0.25) is 0 Å². The van der Waals surface area contributed by atoms with E-state index in [0.29, 0.717) is 23.3 Å². The van der Waals surface area contributed by atoms with Crippen LogP contribution < -0.4 is 16.3 Å². The van der Waals surface area contributed by atoms with E-state index < -0.39 is 0 Å². The number of nitrogens with one attached hydrogen (secondary N) is 1. The summed E-state index contributed by atoms with van der Waals surface area (Å²) in [6.07, 6.45) is -0.664. The Labute approximate surface area is 234 Å². The number of hydrogen-bond donors (Lipinski definition) is 1. The van der Waals surface area contributed by atoms with Gasteiger partial charge >= 0.3 is 0 Å². The molecule has 4 aromatic carbocycles. The van der Waals surface area contributed by atoms with E-state index in [4.69, 9.17) is 30.0 Å². The van der Waals surface area contributed by atoms with Gasteiger partial charge in [0, 0.05) is 52.2 Å². The highest BCUT2D eigenvalue weighted by Gasteiger charge is 2.33. The van der Waals surface area contributed by atoms with Crippen LogP contribution in [-0.2, 0) is 7.05 Å². The number of fused-ring (bicyclic) bond motifs is 18. The predicted molar refractivity (Wildman–Crippen MR) is 157 cm³/mol. The molecule has 0 aliphatic carbocycles. The molecule has 2 atom stereocenters. The molecule has 8 heteroatoms. The summed E-state index contributed by atoms with van der Waals surface area (Å²) < 4.78 is 2.01. The summed E-state index contributed by atoms with van der Waals surface area (Å²) in [5.74, 6) is 2.46. The minimum Gasteiger partial charge on any atom is -0.313 e. The van der Waals surface area contributed by atoms with Crippen LogP contribution in [0.25, 0.3) is 10.8 Å². The van der Waals surface area contributed by atoms with Crippen molar-refractivity contribution in [3.05, 3.63) is 141 Å². The van der Waals surface area contributed by atoms with E-state index in [0.717, 1.165) is 55.1 Å². The Morgan fingerprint density at radius 2 is 1.02 bits per heavy atom. The van der Waals surface area contributed by atoms with Crippen molar-refractivity contribution in [2.24, 2.45) is 37.0 Å². The SMILES string of the molecule is Cn1c2c3ccccc3c1=NC1=NC(=NC3NC(N=C4N=C(N=2)c2cc#ccc24)c2ccccc23)c2ccccc21. The molecule has 8 nitrogen and oxygen atoms in total. The zero-order valence-corrected chi connectivity index (χ0v) is 21.9. The first-order valence-corrected chi connectivity index (χ1v) is 13.4. The maximum Gasteiger partial charge on any atom is 0.165 e. The molecular weight excluding hydrogens is 508 g/mol. The van der Waals surface area contributed by atoms with Crippen LogP contribution in [0.3, 0.4) is 0 Å². The Balaban J connectivity index is 1.40. The quantitative estimate of drug-likeness (QED) is 0.326. The second-order valence-electron chi connectivity index (χ2n) is 10.3. The monoisotopic (exact) mass is 528 g/mol. The van der Waals surface area contributed by atoms with E-state index in [1.165, 1.54) is 0 Å². The average molecular weight is 529 g/mol. The first-order chi connectivity index (χ1) is 20.2. The maximum absolute atomic E-state index is 5.14. The fourth-order valence-electron chi connectivity index (χ4n) is 6.04. The molecule has 0 fully saturated rings. The lowest BCUT2D eigenvalue weighted by Gasteiger charge is -2.10. The standard InChI is InChI=1S/C33H20N8/c1-41-32-24-16-8-9-17-25(24)33(41)40-31-23-15-7-5-13-21(23)29(38-31)36-27-19-11-3-2-10-18(19)26(34-27)35-28-20-12-4-6-14-22(20)30(37-28)39-32/h2-4,6,8-17,26-27,34H,1H3. The predicted octanol–water partition coefficient (Wildman–Crippen LogP) is 3.75. The fourth-order valence-corrected chi connectivity index (χ4v) is 6.04. The van der Waals surface area contributed by atoms with Crippen molar-refractivity contribution in [3.63, 3.8) is 0 Å². The largest absolute Gasteiger partial charge is 0.313 e.